The van der Waals surface area contributed by atoms with Crippen LogP contribution in [0.4, 0.5) is 10.5 Å². The van der Waals surface area contributed by atoms with Crippen molar-refractivity contribution in [2.45, 2.75) is 67.0 Å². The standard InChI is InChI=1S/C29H37N3O10/c1-16(33)21-20-12-19(22(32(20)23(21)34)24(35)39-14-40-25(36)28(2,3)4)17-8-10-18(11-9-17)30-13-31-27(38)42-15-41-26(37)29(5,6)7/h8-11,13,16,20-21,33H,12,14-15H2,1-7H3,(H,30,31,38)/t16-,20-,21-/m1/s1. The SMILES string of the molecule is C[C@@H](O)[C@H]1C(=O)N2C(C(=O)OCOC(=O)C(C)(C)C)=C(c3ccc(N/C=N/C(=O)OCOC(=O)C(C)(C)C)cc3)C[C@H]12. The number of aliphatic imine (C=N–C) groups is 1. The second-order valence-corrected chi connectivity index (χ2v) is 12.0. The van der Waals surface area contributed by atoms with Crippen LogP contribution in [-0.4, -0.2) is 72.0 Å². The Morgan fingerprint density at radius 2 is 1.52 bits per heavy atom. The first-order chi connectivity index (χ1) is 19.5. The van der Waals surface area contributed by atoms with Crippen molar-refractivity contribution in [3.63, 3.8) is 0 Å². The van der Waals surface area contributed by atoms with E-state index in [9.17, 15) is 29.1 Å². The molecule has 2 heterocycles. The van der Waals surface area contributed by atoms with Crippen molar-refractivity contribution in [1.29, 1.82) is 0 Å². The fourth-order valence-electron chi connectivity index (χ4n) is 4.25. The highest BCUT2D eigenvalue weighted by atomic mass is 16.7. The van der Waals surface area contributed by atoms with E-state index in [4.69, 9.17) is 18.9 Å². The quantitative estimate of drug-likeness (QED) is 0.143. The smallest absolute Gasteiger partial charge is 0.427 e. The molecule has 2 aliphatic rings. The fourth-order valence-corrected chi connectivity index (χ4v) is 4.25. The summed E-state index contributed by atoms with van der Waals surface area (Å²) in [4.78, 5) is 66.2. The average Bonchev–Trinajstić information content (AvgIpc) is 3.22. The highest BCUT2D eigenvalue weighted by Gasteiger charge is 2.57. The number of rotatable bonds is 9. The second kappa shape index (κ2) is 12.7. The monoisotopic (exact) mass is 587 g/mol. The number of carbonyl (C=O) groups is 5. The van der Waals surface area contributed by atoms with Crippen molar-refractivity contribution < 1.29 is 48.0 Å². The van der Waals surface area contributed by atoms with Gasteiger partial charge in [0.25, 0.3) is 0 Å². The Morgan fingerprint density at radius 3 is 2.05 bits per heavy atom. The van der Waals surface area contributed by atoms with E-state index in [1.807, 2.05) is 0 Å². The van der Waals surface area contributed by atoms with Crippen LogP contribution < -0.4 is 5.32 Å². The van der Waals surface area contributed by atoms with E-state index in [2.05, 4.69) is 10.3 Å². The lowest BCUT2D eigenvalue weighted by Gasteiger charge is -2.44. The first-order valence-electron chi connectivity index (χ1n) is 13.3. The van der Waals surface area contributed by atoms with Crippen molar-refractivity contribution in [3.8, 4) is 0 Å². The molecule has 0 aliphatic carbocycles. The molecule has 228 valence electrons. The molecule has 3 atom stereocenters. The number of ether oxygens (including phenoxy) is 4. The summed E-state index contributed by atoms with van der Waals surface area (Å²) >= 11 is 0. The van der Waals surface area contributed by atoms with Crippen LogP contribution in [0.2, 0.25) is 0 Å². The maximum absolute atomic E-state index is 13.1. The number of nitrogens with zero attached hydrogens (tertiary/aromatic N) is 2. The molecule has 1 aromatic rings. The minimum atomic E-state index is -0.963. The van der Waals surface area contributed by atoms with Gasteiger partial charge in [0.2, 0.25) is 19.5 Å². The van der Waals surface area contributed by atoms with Crippen molar-refractivity contribution in [3.05, 3.63) is 35.5 Å². The lowest BCUT2D eigenvalue weighted by atomic mass is 9.82. The summed E-state index contributed by atoms with van der Waals surface area (Å²) in [6, 6.07) is 6.34. The molecule has 2 N–H and O–H groups in total. The number of amides is 2. The predicted molar refractivity (Wildman–Crippen MR) is 149 cm³/mol. The molecule has 2 aliphatic heterocycles. The highest BCUT2D eigenvalue weighted by molar-refractivity contribution is 6.07. The summed E-state index contributed by atoms with van der Waals surface area (Å²) in [7, 11) is 0. The van der Waals surface area contributed by atoms with Crippen LogP contribution in [0.15, 0.2) is 35.0 Å². The topological polar surface area (TPSA) is 170 Å². The van der Waals surface area contributed by atoms with Gasteiger partial charge in [-0.05, 0) is 78.2 Å². The summed E-state index contributed by atoms with van der Waals surface area (Å²) < 4.78 is 19.8. The summed E-state index contributed by atoms with van der Waals surface area (Å²) in [5.74, 6) is -2.94. The number of aliphatic hydroxyl groups is 1. The second-order valence-electron chi connectivity index (χ2n) is 12.0. The van der Waals surface area contributed by atoms with Gasteiger partial charge in [0, 0.05) is 5.69 Å². The molecule has 1 saturated heterocycles. The number of nitrogens with one attached hydrogen (secondary N) is 1. The van der Waals surface area contributed by atoms with Crippen LogP contribution in [0, 0.1) is 16.7 Å². The number of hydrogen-bond acceptors (Lipinski definition) is 10. The fraction of sp³-hybridized carbons (Fsp3) is 0.517. The van der Waals surface area contributed by atoms with E-state index in [-0.39, 0.29) is 5.70 Å². The molecule has 1 aromatic carbocycles. The molecule has 1 fully saturated rings. The number of aliphatic hydroxyl groups excluding tert-OH is 1. The number of anilines is 1. The van der Waals surface area contributed by atoms with Gasteiger partial charge in [-0.3, -0.25) is 14.4 Å². The Labute approximate surface area is 243 Å². The van der Waals surface area contributed by atoms with Crippen LogP contribution in [0.5, 0.6) is 0 Å². The molecule has 3 rings (SSSR count). The molecule has 0 bridgehead atoms. The highest BCUT2D eigenvalue weighted by Crippen LogP contribution is 2.47. The van der Waals surface area contributed by atoms with E-state index >= 15 is 0 Å². The number of fused-ring (bicyclic) bond motifs is 1. The van der Waals surface area contributed by atoms with Crippen molar-refractivity contribution in [1.82, 2.24) is 4.90 Å². The van der Waals surface area contributed by atoms with Gasteiger partial charge in [-0.2, -0.15) is 4.99 Å². The van der Waals surface area contributed by atoms with Gasteiger partial charge < -0.3 is 34.3 Å². The van der Waals surface area contributed by atoms with Gasteiger partial charge >= 0.3 is 24.0 Å². The minimum Gasteiger partial charge on any atom is -0.427 e. The molecule has 0 saturated carbocycles. The zero-order chi connectivity index (χ0) is 31.4. The molecular weight excluding hydrogens is 550 g/mol. The Kier molecular flexibility index (Phi) is 9.77. The van der Waals surface area contributed by atoms with Crippen LogP contribution in [-0.2, 0) is 38.1 Å². The first kappa shape index (κ1) is 32.3. The van der Waals surface area contributed by atoms with Gasteiger partial charge in [0.05, 0.1) is 35.2 Å². The van der Waals surface area contributed by atoms with E-state index in [1.54, 1.807) is 65.8 Å². The first-order valence-corrected chi connectivity index (χ1v) is 13.3. The summed E-state index contributed by atoms with van der Waals surface area (Å²) in [5, 5.41) is 12.9. The number of benzene rings is 1. The summed E-state index contributed by atoms with van der Waals surface area (Å²) in [6.07, 6.45) is -0.439. The van der Waals surface area contributed by atoms with Crippen LogP contribution in [0.25, 0.3) is 5.57 Å². The van der Waals surface area contributed by atoms with E-state index in [0.29, 0.717) is 23.2 Å². The van der Waals surface area contributed by atoms with Crippen molar-refractivity contribution >= 4 is 47.5 Å². The molecule has 13 heteroatoms. The van der Waals surface area contributed by atoms with Gasteiger partial charge in [0.15, 0.2) is 0 Å². The lowest BCUT2D eigenvalue weighted by Crippen LogP contribution is -2.61. The maximum Gasteiger partial charge on any atom is 0.437 e. The van der Waals surface area contributed by atoms with Gasteiger partial charge in [-0.15, -0.1) is 0 Å². The van der Waals surface area contributed by atoms with Crippen LogP contribution in [0.1, 0.15) is 60.5 Å². The third kappa shape index (κ3) is 7.52. The van der Waals surface area contributed by atoms with Gasteiger partial charge in [0.1, 0.15) is 5.70 Å². The van der Waals surface area contributed by atoms with Gasteiger partial charge in [-0.25, -0.2) is 9.59 Å². The van der Waals surface area contributed by atoms with Crippen molar-refractivity contribution in [2.24, 2.45) is 21.7 Å². The van der Waals surface area contributed by atoms with Crippen LogP contribution >= 0.6 is 0 Å². The molecule has 0 unspecified atom stereocenters. The number of esters is 3. The van der Waals surface area contributed by atoms with Crippen molar-refractivity contribution in [2.75, 3.05) is 18.9 Å². The molecule has 0 aromatic heterocycles. The maximum atomic E-state index is 13.1. The number of carbonyl (C=O) groups excluding carboxylic acids is 5. The normalized spacial score (nSPS) is 19.1. The average molecular weight is 588 g/mol. The summed E-state index contributed by atoms with van der Waals surface area (Å²) in [6.45, 7) is 10.4. The third-order valence-corrected chi connectivity index (χ3v) is 6.53. The molecule has 42 heavy (non-hydrogen) atoms. The van der Waals surface area contributed by atoms with Gasteiger partial charge in [-0.1, -0.05) is 12.1 Å². The number of hydrogen-bond donors (Lipinski definition) is 2. The Balaban J connectivity index is 1.67. The molecular formula is C29H37N3O10. The Hall–Kier alpha value is -4.26. The predicted octanol–water partition coefficient (Wildman–Crippen LogP) is 3.22. The summed E-state index contributed by atoms with van der Waals surface area (Å²) in [5.41, 5.74) is 0.235. The lowest BCUT2D eigenvalue weighted by molar-refractivity contribution is -0.175. The van der Waals surface area contributed by atoms with E-state index in [1.165, 1.54) is 11.8 Å². The zero-order valence-corrected chi connectivity index (χ0v) is 24.8. The Bertz CT molecular complexity index is 1290. The molecule has 0 radical (unpaired) electrons. The van der Waals surface area contributed by atoms with E-state index in [0.717, 1.165) is 6.34 Å². The number of β-lactam (4-membered cyclic amide) rings is 1. The van der Waals surface area contributed by atoms with E-state index < -0.39 is 72.4 Å². The molecule has 0 spiro atoms. The van der Waals surface area contributed by atoms with Crippen LogP contribution in [0.3, 0.4) is 0 Å². The third-order valence-electron chi connectivity index (χ3n) is 6.53. The molecule has 2 amide bonds. The molecule has 13 nitrogen and oxygen atoms in total. The largest absolute Gasteiger partial charge is 0.437 e. The minimum absolute atomic E-state index is 0.0332. The zero-order valence-electron chi connectivity index (χ0n) is 24.8. The Morgan fingerprint density at radius 1 is 0.976 bits per heavy atom.